The number of imidazole rings is 1. The summed E-state index contributed by atoms with van der Waals surface area (Å²) in [6, 6.07) is 14.5. The van der Waals surface area contributed by atoms with E-state index in [0.29, 0.717) is 12.5 Å². The van der Waals surface area contributed by atoms with Crippen LogP contribution in [0.5, 0.6) is 0 Å². The fourth-order valence-corrected chi connectivity index (χ4v) is 3.12. The maximum atomic E-state index is 4.51. The van der Waals surface area contributed by atoms with Crippen LogP contribution >= 0.6 is 0 Å². The maximum Gasteiger partial charge on any atom is 0.242 e. The van der Waals surface area contributed by atoms with Crippen molar-refractivity contribution in [2.24, 2.45) is 0 Å². The molecule has 0 radical (unpaired) electrons. The molecule has 0 atom stereocenters. The van der Waals surface area contributed by atoms with Gasteiger partial charge in [0.2, 0.25) is 12.3 Å². The molecule has 28 heavy (non-hydrogen) atoms. The zero-order valence-electron chi connectivity index (χ0n) is 16.1. The summed E-state index contributed by atoms with van der Waals surface area (Å²) in [5, 5.41) is 3.29. The normalized spacial score (nSPS) is 10.8. The number of rotatable bonds is 6. The Balaban J connectivity index is 1.42. The first kappa shape index (κ1) is 17.9. The Morgan fingerprint density at radius 2 is 1.86 bits per heavy atom. The van der Waals surface area contributed by atoms with Gasteiger partial charge in [0.1, 0.15) is 12.7 Å². The molecule has 0 fully saturated rings. The Hall–Kier alpha value is -3.54. The van der Waals surface area contributed by atoms with Gasteiger partial charge in [-0.2, -0.15) is 0 Å². The highest BCUT2D eigenvalue weighted by molar-refractivity contribution is 5.57. The molecule has 0 aliphatic heterocycles. The summed E-state index contributed by atoms with van der Waals surface area (Å²) in [5.74, 6) is 0.597. The van der Waals surface area contributed by atoms with Crippen LogP contribution in [0.4, 0.5) is 5.95 Å². The van der Waals surface area contributed by atoms with Crippen LogP contribution in [0.2, 0.25) is 0 Å². The molecular weight excluding hydrogens is 348 g/mol. The van der Waals surface area contributed by atoms with Gasteiger partial charge in [-0.3, -0.25) is 4.98 Å². The first-order valence-electron chi connectivity index (χ1n) is 9.28. The molecular formula is C22H23N6+. The molecule has 6 heteroatoms. The van der Waals surface area contributed by atoms with Gasteiger partial charge in [-0.1, -0.05) is 35.9 Å². The average molecular weight is 371 g/mol. The van der Waals surface area contributed by atoms with Crippen molar-refractivity contribution in [2.45, 2.75) is 26.9 Å². The lowest BCUT2D eigenvalue weighted by Crippen LogP contribution is -2.37. The summed E-state index contributed by atoms with van der Waals surface area (Å²) >= 11 is 0. The Bertz CT molecular complexity index is 1070. The average Bonchev–Trinajstić information content (AvgIpc) is 3.14. The minimum Gasteiger partial charge on any atom is -0.346 e. The second-order valence-corrected chi connectivity index (χ2v) is 6.86. The summed E-state index contributed by atoms with van der Waals surface area (Å²) < 4.78 is 2.19. The molecule has 0 unspecified atom stereocenters. The van der Waals surface area contributed by atoms with E-state index in [-0.39, 0.29) is 0 Å². The third-order valence-corrected chi connectivity index (χ3v) is 4.55. The summed E-state index contributed by atoms with van der Waals surface area (Å²) in [4.78, 5) is 16.5. The van der Waals surface area contributed by atoms with Crippen molar-refractivity contribution >= 4 is 5.95 Å². The predicted octanol–water partition coefficient (Wildman–Crippen LogP) is 3.43. The molecule has 0 aliphatic carbocycles. The van der Waals surface area contributed by atoms with E-state index in [1.165, 1.54) is 11.1 Å². The lowest BCUT2D eigenvalue weighted by Gasteiger charge is -2.06. The van der Waals surface area contributed by atoms with Crippen LogP contribution in [0.3, 0.4) is 0 Å². The molecule has 4 aromatic rings. The van der Waals surface area contributed by atoms with E-state index in [0.717, 1.165) is 29.2 Å². The van der Waals surface area contributed by atoms with Crippen molar-refractivity contribution in [3.05, 3.63) is 89.9 Å². The first-order valence-corrected chi connectivity index (χ1v) is 9.28. The number of aromatic amines is 1. The number of hydrogen-bond donors (Lipinski definition) is 2. The number of anilines is 1. The molecule has 3 heterocycles. The van der Waals surface area contributed by atoms with Gasteiger partial charge >= 0.3 is 0 Å². The van der Waals surface area contributed by atoms with Crippen LogP contribution in [0, 0.1) is 13.8 Å². The number of pyridine rings is 1. The molecule has 0 saturated carbocycles. The van der Waals surface area contributed by atoms with Crippen LogP contribution in [0.1, 0.15) is 22.5 Å². The number of benzene rings is 1. The highest BCUT2D eigenvalue weighted by Crippen LogP contribution is 2.16. The van der Waals surface area contributed by atoms with Crippen molar-refractivity contribution in [3.63, 3.8) is 0 Å². The van der Waals surface area contributed by atoms with Crippen molar-refractivity contribution in [1.82, 2.24) is 19.9 Å². The first-order chi connectivity index (χ1) is 13.7. The van der Waals surface area contributed by atoms with E-state index in [2.05, 4.69) is 61.0 Å². The molecule has 140 valence electrons. The monoisotopic (exact) mass is 371 g/mol. The number of aromatic nitrogens is 5. The second-order valence-electron chi connectivity index (χ2n) is 6.86. The van der Waals surface area contributed by atoms with Crippen LogP contribution in [-0.2, 0) is 13.1 Å². The van der Waals surface area contributed by atoms with Crippen LogP contribution in [0.15, 0.2) is 67.4 Å². The van der Waals surface area contributed by atoms with E-state index in [4.69, 9.17) is 0 Å². The molecule has 0 amide bonds. The van der Waals surface area contributed by atoms with Gasteiger partial charge in [0.05, 0.1) is 12.2 Å². The van der Waals surface area contributed by atoms with E-state index in [1.54, 1.807) is 12.4 Å². The quantitative estimate of drug-likeness (QED) is 0.510. The molecule has 1 aromatic carbocycles. The molecule has 6 nitrogen and oxygen atoms in total. The summed E-state index contributed by atoms with van der Waals surface area (Å²) in [7, 11) is 0. The second kappa shape index (κ2) is 8.00. The number of aryl methyl sites for hydroxylation is 2. The van der Waals surface area contributed by atoms with Crippen LogP contribution < -0.4 is 9.88 Å². The van der Waals surface area contributed by atoms with Crippen molar-refractivity contribution < 1.29 is 4.57 Å². The van der Waals surface area contributed by atoms with Crippen LogP contribution in [-0.4, -0.2) is 19.9 Å². The van der Waals surface area contributed by atoms with Gasteiger partial charge < -0.3 is 5.32 Å². The number of nitrogens with zero attached hydrogens (tertiary/aromatic N) is 4. The Labute approximate surface area is 164 Å². The number of H-pyrrole nitrogens is 1. The lowest BCUT2D eigenvalue weighted by molar-refractivity contribution is -0.693. The molecule has 0 bridgehead atoms. The van der Waals surface area contributed by atoms with E-state index < -0.39 is 0 Å². The fourth-order valence-electron chi connectivity index (χ4n) is 3.12. The van der Waals surface area contributed by atoms with Crippen molar-refractivity contribution in [3.8, 4) is 11.3 Å². The smallest absolute Gasteiger partial charge is 0.242 e. The van der Waals surface area contributed by atoms with Gasteiger partial charge in [0.15, 0.2) is 5.69 Å². The Kier molecular flexibility index (Phi) is 5.10. The summed E-state index contributed by atoms with van der Waals surface area (Å²) in [6.45, 7) is 5.54. The maximum absolute atomic E-state index is 4.51. The molecule has 0 aliphatic rings. The van der Waals surface area contributed by atoms with Gasteiger partial charge in [-0.05, 0) is 31.5 Å². The van der Waals surface area contributed by atoms with Crippen molar-refractivity contribution in [2.75, 3.05) is 5.32 Å². The molecule has 0 spiro atoms. The van der Waals surface area contributed by atoms with Gasteiger partial charge in [-0.15, -0.1) is 0 Å². The largest absolute Gasteiger partial charge is 0.346 e. The standard InChI is InChI=1S/C22H22N6/c1-16-5-3-7-18(9-16)14-28-15-23-12-20(28)13-26-22-24-10-19(11-25-22)21-8-4-6-17(2)27-21/h3-12,15H,13-14H2,1-2H3,(H,24,25,26,27)/p+1. The predicted molar refractivity (Wildman–Crippen MR) is 109 cm³/mol. The number of nitrogens with one attached hydrogen (secondary N) is 2. The number of hydrogen-bond acceptors (Lipinski definition) is 4. The topological polar surface area (TPSA) is 70.4 Å². The zero-order chi connectivity index (χ0) is 19.3. The summed E-state index contributed by atoms with van der Waals surface area (Å²) in [6.07, 6.45) is 7.57. The van der Waals surface area contributed by atoms with Gasteiger partial charge in [0.25, 0.3) is 0 Å². The Morgan fingerprint density at radius 1 is 1.04 bits per heavy atom. The SMILES string of the molecule is Cc1cccc(C[n+]2c[nH]cc2CNc2ncc(-c3cccc(C)n3)cn2)c1. The highest BCUT2D eigenvalue weighted by atomic mass is 15.1. The minimum absolute atomic E-state index is 0.597. The van der Waals surface area contributed by atoms with Gasteiger partial charge in [0, 0.05) is 23.7 Å². The van der Waals surface area contributed by atoms with E-state index >= 15 is 0 Å². The summed E-state index contributed by atoms with van der Waals surface area (Å²) in [5.41, 5.74) is 6.44. The highest BCUT2D eigenvalue weighted by Gasteiger charge is 2.11. The fraction of sp³-hybridized carbons (Fsp3) is 0.182. The lowest BCUT2D eigenvalue weighted by atomic mass is 10.1. The molecule has 3 aromatic heterocycles. The van der Waals surface area contributed by atoms with Gasteiger partial charge in [-0.25, -0.2) is 19.5 Å². The van der Waals surface area contributed by atoms with Crippen molar-refractivity contribution in [1.29, 1.82) is 0 Å². The minimum atomic E-state index is 0.597. The third-order valence-electron chi connectivity index (χ3n) is 4.55. The molecule has 0 saturated heterocycles. The zero-order valence-corrected chi connectivity index (χ0v) is 16.1. The molecule has 2 N–H and O–H groups in total. The van der Waals surface area contributed by atoms with E-state index in [9.17, 15) is 0 Å². The van der Waals surface area contributed by atoms with Crippen LogP contribution in [0.25, 0.3) is 11.3 Å². The Morgan fingerprint density at radius 3 is 2.64 bits per heavy atom. The third kappa shape index (κ3) is 4.23. The molecule has 4 rings (SSSR count). The van der Waals surface area contributed by atoms with E-state index in [1.807, 2.05) is 37.6 Å².